The van der Waals surface area contributed by atoms with Crippen LogP contribution in [0.1, 0.15) is 33.1 Å². The van der Waals surface area contributed by atoms with Crippen LogP contribution in [0.2, 0.25) is 0 Å². The van der Waals surface area contributed by atoms with Crippen molar-refractivity contribution < 1.29 is 18.7 Å². The highest BCUT2D eigenvalue weighted by Crippen LogP contribution is 2.43. The number of amidine groups is 1. The van der Waals surface area contributed by atoms with Crippen molar-refractivity contribution >= 4 is 11.9 Å². The number of nitrogens with one attached hydrogen (secondary N) is 1. The number of hydrogen-bond donors (Lipinski definition) is 2. The Morgan fingerprint density at radius 1 is 1.36 bits per heavy atom. The zero-order chi connectivity index (χ0) is 23.8. The smallest absolute Gasteiger partial charge is 0.321 e. The van der Waals surface area contributed by atoms with Gasteiger partial charge in [0.15, 0.2) is 0 Å². The third-order valence-electron chi connectivity index (χ3n) is 6.74. The Labute approximate surface area is 192 Å². The number of amides is 2. The summed E-state index contributed by atoms with van der Waals surface area (Å²) in [4.78, 5) is 24.5. The number of aliphatic hydroxyl groups is 1. The third-order valence-corrected chi connectivity index (χ3v) is 6.74. The lowest BCUT2D eigenvalue weighted by molar-refractivity contribution is 0.124. The van der Waals surface area contributed by atoms with Crippen molar-refractivity contribution in [2.75, 3.05) is 19.6 Å². The summed E-state index contributed by atoms with van der Waals surface area (Å²) in [5.41, 5.74) is -0.612. The van der Waals surface area contributed by atoms with Crippen LogP contribution in [0.4, 0.5) is 13.6 Å². The molecule has 176 valence electrons. The summed E-state index contributed by atoms with van der Waals surface area (Å²) in [7, 11) is 0. The maximum atomic E-state index is 14.9. The summed E-state index contributed by atoms with van der Waals surface area (Å²) in [5, 5.41) is 13.8. The van der Waals surface area contributed by atoms with Gasteiger partial charge in [0.25, 0.3) is 0 Å². The van der Waals surface area contributed by atoms with Crippen LogP contribution in [-0.4, -0.2) is 69.7 Å². The zero-order valence-electron chi connectivity index (χ0n) is 18.8. The van der Waals surface area contributed by atoms with Gasteiger partial charge in [-0.1, -0.05) is 6.92 Å². The molecule has 3 aliphatic heterocycles. The molecule has 4 aliphatic rings. The van der Waals surface area contributed by atoms with Crippen LogP contribution in [0.5, 0.6) is 0 Å². The molecule has 1 unspecified atom stereocenters. The van der Waals surface area contributed by atoms with Crippen molar-refractivity contribution in [3.8, 4) is 6.57 Å². The molecule has 2 fully saturated rings. The Balaban J connectivity index is 1.60. The Kier molecular flexibility index (Phi) is 6.26. The molecule has 1 aliphatic carbocycles. The number of carbonyl (C=O) groups is 1. The van der Waals surface area contributed by atoms with E-state index in [4.69, 9.17) is 6.57 Å². The molecule has 33 heavy (non-hydrogen) atoms. The maximum absolute atomic E-state index is 14.9. The number of likely N-dealkylation sites (tertiary alicyclic amines) is 2. The highest BCUT2D eigenvalue weighted by atomic mass is 19.1. The van der Waals surface area contributed by atoms with E-state index in [0.717, 1.165) is 12.5 Å². The number of hydrogen-bond acceptors (Lipinski definition) is 5. The zero-order valence-corrected chi connectivity index (χ0v) is 18.8. The van der Waals surface area contributed by atoms with Gasteiger partial charge in [0.1, 0.15) is 17.8 Å². The molecule has 0 radical (unpaired) electrons. The van der Waals surface area contributed by atoms with E-state index in [1.54, 1.807) is 26.1 Å². The first-order chi connectivity index (χ1) is 15.7. The highest BCUT2D eigenvalue weighted by molar-refractivity contribution is 5.95. The number of alkyl halides is 1. The van der Waals surface area contributed by atoms with E-state index in [9.17, 15) is 18.7 Å². The number of β-amino-alcohol motifs (C(OH)–C–C–N with tert-alkyl or cyclic N) is 1. The molecule has 2 saturated heterocycles. The van der Waals surface area contributed by atoms with Crippen molar-refractivity contribution in [3.63, 3.8) is 0 Å². The summed E-state index contributed by atoms with van der Waals surface area (Å²) >= 11 is 0. The van der Waals surface area contributed by atoms with Crippen LogP contribution in [0.15, 0.2) is 52.8 Å². The van der Waals surface area contributed by atoms with E-state index < -0.39 is 23.5 Å². The van der Waals surface area contributed by atoms with E-state index in [2.05, 4.69) is 15.3 Å². The predicted octanol–water partition coefficient (Wildman–Crippen LogP) is 3.29. The Hall–Kier alpha value is -3.19. The largest absolute Gasteiger partial charge is 0.391 e. The molecule has 3 heterocycles. The number of carbonyl (C=O) groups excluding carboxylic acids is 1. The van der Waals surface area contributed by atoms with Crippen LogP contribution in [-0.2, 0) is 0 Å². The molecule has 0 saturated carbocycles. The van der Waals surface area contributed by atoms with Crippen LogP contribution in [0, 0.1) is 12.0 Å². The fourth-order valence-corrected chi connectivity index (χ4v) is 4.91. The monoisotopic (exact) mass is 459 g/mol. The second-order valence-corrected chi connectivity index (χ2v) is 9.02. The number of nitrogens with zero attached hydrogens (tertiary/aromatic N) is 5. The van der Waals surface area contributed by atoms with Crippen molar-refractivity contribution in [1.29, 1.82) is 0 Å². The minimum Gasteiger partial charge on any atom is -0.391 e. The molecule has 0 aromatic rings. The van der Waals surface area contributed by atoms with Crippen LogP contribution >= 0.6 is 0 Å². The third kappa shape index (κ3) is 4.37. The quantitative estimate of drug-likeness (QED) is 0.665. The van der Waals surface area contributed by atoms with Crippen LogP contribution in [0.25, 0.3) is 4.95 Å². The second kappa shape index (κ2) is 8.98. The van der Waals surface area contributed by atoms with E-state index in [0.29, 0.717) is 43.3 Å². The molecule has 10 heteroatoms. The lowest BCUT2D eigenvalue weighted by Gasteiger charge is -2.42. The summed E-state index contributed by atoms with van der Waals surface area (Å²) < 4.78 is 29.0. The molecular weight excluding hydrogens is 430 g/mol. The first kappa shape index (κ1) is 23.0. The van der Waals surface area contributed by atoms with Crippen LogP contribution in [0.3, 0.4) is 0 Å². The SMILES string of the molecule is C#[N+]N1C=CC(N2CCC[C@@H]2[C@]2(C)C=C(F)C=CC2F)=N/C1=C(/C)NC(=O)N1CC[C@H](O)C1. The molecule has 0 bridgehead atoms. The molecule has 4 atom stereocenters. The van der Waals surface area contributed by atoms with Gasteiger partial charge in [-0.25, -0.2) is 18.6 Å². The van der Waals surface area contributed by atoms with Gasteiger partial charge in [0.05, 0.1) is 23.0 Å². The van der Waals surface area contributed by atoms with Gasteiger partial charge < -0.3 is 20.2 Å². The topological polar surface area (TPSA) is 75.8 Å². The summed E-state index contributed by atoms with van der Waals surface area (Å²) in [6.45, 7) is 10.3. The van der Waals surface area contributed by atoms with E-state index >= 15 is 0 Å². The van der Waals surface area contributed by atoms with Gasteiger partial charge in [-0.15, -0.1) is 0 Å². The van der Waals surface area contributed by atoms with Crippen molar-refractivity contribution in [2.24, 2.45) is 10.4 Å². The number of urea groups is 1. The lowest BCUT2D eigenvalue weighted by Crippen LogP contribution is -2.49. The average molecular weight is 460 g/mol. The van der Waals surface area contributed by atoms with Crippen molar-refractivity contribution in [2.45, 2.75) is 51.4 Å². The fraction of sp³-hybridized carbons (Fsp3) is 0.522. The number of rotatable bonds is 2. The normalized spacial score (nSPS) is 33.1. The Morgan fingerprint density at radius 3 is 2.85 bits per heavy atom. The number of halogens is 2. The minimum atomic E-state index is -1.32. The molecule has 4 rings (SSSR count). The van der Waals surface area contributed by atoms with Gasteiger partial charge in [-0.2, -0.15) is 0 Å². The second-order valence-electron chi connectivity index (χ2n) is 9.02. The van der Waals surface area contributed by atoms with Gasteiger partial charge in [0.2, 0.25) is 5.82 Å². The summed E-state index contributed by atoms with van der Waals surface area (Å²) in [5.74, 6) is 0.439. The summed E-state index contributed by atoms with van der Waals surface area (Å²) in [6, 6.07) is -0.642. The fourth-order valence-electron chi connectivity index (χ4n) is 4.91. The number of aliphatic hydroxyl groups excluding tert-OH is 1. The number of allylic oxidation sites excluding steroid dienone is 4. The predicted molar refractivity (Wildman–Crippen MR) is 121 cm³/mol. The van der Waals surface area contributed by atoms with E-state index in [-0.39, 0.29) is 18.6 Å². The lowest BCUT2D eigenvalue weighted by atomic mass is 9.74. The van der Waals surface area contributed by atoms with Crippen LogP contribution < -0.4 is 5.32 Å². The maximum Gasteiger partial charge on any atom is 0.321 e. The first-order valence-corrected chi connectivity index (χ1v) is 11.1. The highest BCUT2D eigenvalue weighted by Gasteiger charge is 2.47. The first-order valence-electron chi connectivity index (χ1n) is 11.1. The van der Waals surface area contributed by atoms with E-state index in [1.807, 2.05) is 4.90 Å². The van der Waals surface area contributed by atoms with Gasteiger partial charge in [-0.3, -0.25) is 0 Å². The van der Waals surface area contributed by atoms with Gasteiger partial charge in [0, 0.05) is 42.2 Å². The van der Waals surface area contributed by atoms with E-state index in [1.165, 1.54) is 22.1 Å². The minimum absolute atomic E-state index is 0.269. The molecule has 2 N–H and O–H groups in total. The molecule has 0 spiro atoms. The Morgan fingerprint density at radius 2 is 2.15 bits per heavy atom. The van der Waals surface area contributed by atoms with Crippen molar-refractivity contribution in [3.05, 3.63) is 52.8 Å². The summed E-state index contributed by atoms with van der Waals surface area (Å²) in [6.07, 6.45) is 7.33. The molecule has 0 aromatic heterocycles. The van der Waals surface area contributed by atoms with Gasteiger partial charge in [-0.05, 0) is 44.4 Å². The van der Waals surface area contributed by atoms with Crippen molar-refractivity contribution in [1.82, 2.24) is 20.1 Å². The molecular formula is C23H29F2N6O2+. The average Bonchev–Trinajstić information content (AvgIpc) is 3.45. The number of aliphatic imine (C=N–C) groups is 1. The molecule has 8 nitrogen and oxygen atoms in total. The van der Waals surface area contributed by atoms with Gasteiger partial charge >= 0.3 is 12.6 Å². The standard InChI is InChI=1S/C23H28F2N6O2/c1-15(27-22(33)29-11-8-17(32)14-29)21-28-20(9-12-31(21)26-3)30-10-4-5-19(30)23(2)13-16(24)6-7-18(23)25/h3,6-7,9,12-13,17-19,32H,4-5,8,10-11,14H2,1-2H3/p+1/b21-15+/t17-,18?,19+,23+/m0/s1. The Bertz CT molecular complexity index is 1010. The molecule has 2 amide bonds. The molecule has 0 aromatic carbocycles.